The maximum atomic E-state index is 9.98. The molecule has 1 aliphatic rings. The van der Waals surface area contributed by atoms with E-state index in [-0.39, 0.29) is 0 Å². The largest absolute Gasteiger partial charge is 0.398 e. The molecule has 82 valence electrons. The average molecular weight is 214 g/mol. The van der Waals surface area contributed by atoms with Crippen LogP contribution in [0.15, 0.2) is 24.3 Å². The molecule has 1 aromatic carbocycles. The fourth-order valence-corrected chi connectivity index (χ4v) is 2.47. The van der Waals surface area contributed by atoms with Gasteiger partial charge in [0, 0.05) is 22.3 Å². The Labute approximate surface area is 93.9 Å². The number of para-hydroxylation sites is 1. The summed E-state index contributed by atoms with van der Waals surface area (Å²) < 4.78 is 0. The molecule has 3 nitrogen and oxygen atoms in total. The Morgan fingerprint density at radius 1 is 1.31 bits per heavy atom. The van der Waals surface area contributed by atoms with Gasteiger partial charge in [0.15, 0.2) is 0 Å². The molecule has 0 amide bonds. The molecule has 0 saturated heterocycles. The molecule has 0 fully saturated rings. The van der Waals surface area contributed by atoms with Gasteiger partial charge in [0.05, 0.1) is 11.6 Å². The van der Waals surface area contributed by atoms with Gasteiger partial charge in [0.2, 0.25) is 0 Å². The van der Waals surface area contributed by atoms with Gasteiger partial charge >= 0.3 is 0 Å². The summed E-state index contributed by atoms with van der Waals surface area (Å²) in [6.45, 7) is 0. The Balaban J connectivity index is 2.36. The van der Waals surface area contributed by atoms with Crippen molar-refractivity contribution in [2.24, 2.45) is 0 Å². The smallest absolute Gasteiger partial charge is 0.0828 e. The van der Waals surface area contributed by atoms with Crippen molar-refractivity contribution < 1.29 is 5.11 Å². The van der Waals surface area contributed by atoms with Crippen LogP contribution < -0.4 is 5.73 Å². The fraction of sp³-hybridized carbons (Fsp3) is 0.308. The minimum absolute atomic E-state index is 0.444. The van der Waals surface area contributed by atoms with Gasteiger partial charge in [-0.25, -0.2) is 0 Å². The van der Waals surface area contributed by atoms with Crippen molar-refractivity contribution in [3.05, 3.63) is 35.5 Å². The first-order valence-corrected chi connectivity index (χ1v) is 5.62. The van der Waals surface area contributed by atoms with Gasteiger partial charge in [0.1, 0.15) is 0 Å². The molecule has 0 spiro atoms. The molecule has 0 bridgehead atoms. The molecule has 1 heterocycles. The van der Waals surface area contributed by atoms with E-state index in [1.807, 2.05) is 24.3 Å². The van der Waals surface area contributed by atoms with E-state index in [2.05, 4.69) is 4.98 Å². The molecule has 0 unspecified atom stereocenters. The minimum atomic E-state index is -0.444. The van der Waals surface area contributed by atoms with Crippen LogP contribution in [0, 0.1) is 0 Å². The highest BCUT2D eigenvalue weighted by Gasteiger charge is 2.23. The molecule has 0 aliphatic heterocycles. The van der Waals surface area contributed by atoms with E-state index >= 15 is 0 Å². The number of benzene rings is 1. The van der Waals surface area contributed by atoms with Gasteiger partial charge in [-0.05, 0) is 25.3 Å². The van der Waals surface area contributed by atoms with Crippen LogP contribution in [-0.4, -0.2) is 10.1 Å². The third kappa shape index (κ3) is 1.28. The van der Waals surface area contributed by atoms with Crippen molar-refractivity contribution in [2.45, 2.75) is 25.4 Å². The summed E-state index contributed by atoms with van der Waals surface area (Å²) in [5.41, 5.74) is 9.58. The molecule has 3 rings (SSSR count). The Hall–Kier alpha value is -1.61. The molecule has 3 heteroatoms. The summed E-state index contributed by atoms with van der Waals surface area (Å²) in [6, 6.07) is 7.83. The fourth-order valence-electron chi connectivity index (χ4n) is 2.47. The lowest BCUT2D eigenvalue weighted by Crippen LogP contribution is -2.14. The van der Waals surface area contributed by atoms with Crippen molar-refractivity contribution in [1.82, 2.24) is 4.98 Å². The number of nitrogen functional groups attached to an aromatic ring is 1. The number of aliphatic hydroxyl groups is 1. The number of aryl methyl sites for hydroxylation is 1. The third-order valence-electron chi connectivity index (χ3n) is 3.28. The van der Waals surface area contributed by atoms with E-state index < -0.39 is 6.10 Å². The monoisotopic (exact) mass is 214 g/mol. The third-order valence-corrected chi connectivity index (χ3v) is 3.28. The molecule has 1 aromatic heterocycles. The number of aliphatic hydroxyl groups excluding tert-OH is 1. The number of fused-ring (bicyclic) bond motifs is 2. The Morgan fingerprint density at radius 2 is 2.12 bits per heavy atom. The lowest BCUT2D eigenvalue weighted by molar-refractivity contribution is 0.156. The number of rotatable bonds is 0. The highest BCUT2D eigenvalue weighted by Crippen LogP contribution is 2.36. The van der Waals surface area contributed by atoms with Crippen LogP contribution in [0.2, 0.25) is 0 Å². The highest BCUT2D eigenvalue weighted by molar-refractivity contribution is 5.92. The zero-order valence-electron chi connectivity index (χ0n) is 8.98. The number of hydrogen-bond donors (Lipinski definition) is 2. The Morgan fingerprint density at radius 3 is 3.00 bits per heavy atom. The summed E-state index contributed by atoms with van der Waals surface area (Å²) in [7, 11) is 0. The summed E-state index contributed by atoms with van der Waals surface area (Å²) in [5, 5.41) is 10.9. The molecule has 0 radical (unpaired) electrons. The van der Waals surface area contributed by atoms with E-state index in [0.717, 1.165) is 41.4 Å². The van der Waals surface area contributed by atoms with Gasteiger partial charge in [0.25, 0.3) is 0 Å². The topological polar surface area (TPSA) is 59.1 Å². The first kappa shape index (κ1) is 9.60. The van der Waals surface area contributed by atoms with E-state index in [1.54, 1.807) is 0 Å². The van der Waals surface area contributed by atoms with Gasteiger partial charge in [-0.1, -0.05) is 18.2 Å². The van der Waals surface area contributed by atoms with E-state index in [9.17, 15) is 5.11 Å². The average Bonchev–Trinajstić information content (AvgIpc) is 2.29. The van der Waals surface area contributed by atoms with Gasteiger partial charge < -0.3 is 10.8 Å². The summed E-state index contributed by atoms with van der Waals surface area (Å²) in [5.74, 6) is 0. The zero-order valence-corrected chi connectivity index (χ0v) is 8.98. The van der Waals surface area contributed by atoms with Crippen molar-refractivity contribution >= 4 is 16.6 Å². The molecular formula is C13H14N2O. The molecule has 16 heavy (non-hydrogen) atoms. The first-order valence-electron chi connectivity index (χ1n) is 5.62. The predicted molar refractivity (Wildman–Crippen MR) is 64.1 cm³/mol. The zero-order chi connectivity index (χ0) is 11.1. The number of nitrogens with two attached hydrogens (primary N) is 1. The standard InChI is InChI=1S/C13H14N2O/c14-13-8-4-1-2-5-9(8)15-10-6-3-7-11(16)12(10)13/h1-2,4-5,11,16H,3,6-7H2,(H2,14,15)/t11-/m1/s1. The van der Waals surface area contributed by atoms with Crippen molar-refractivity contribution in [3.63, 3.8) is 0 Å². The van der Waals surface area contributed by atoms with Gasteiger partial charge in [-0.3, -0.25) is 4.98 Å². The van der Waals surface area contributed by atoms with Crippen LogP contribution in [0.25, 0.3) is 10.9 Å². The molecule has 0 saturated carbocycles. The number of aromatic nitrogens is 1. The Kier molecular flexibility index (Phi) is 2.07. The van der Waals surface area contributed by atoms with E-state index in [0.29, 0.717) is 5.69 Å². The normalized spacial score (nSPS) is 19.7. The maximum absolute atomic E-state index is 9.98. The maximum Gasteiger partial charge on any atom is 0.0828 e. The lowest BCUT2D eigenvalue weighted by Gasteiger charge is -2.23. The van der Waals surface area contributed by atoms with Gasteiger partial charge in [-0.15, -0.1) is 0 Å². The van der Waals surface area contributed by atoms with Crippen molar-refractivity contribution in [2.75, 3.05) is 5.73 Å². The van der Waals surface area contributed by atoms with Crippen LogP contribution >= 0.6 is 0 Å². The lowest BCUT2D eigenvalue weighted by atomic mass is 9.90. The Bertz CT molecular complexity index is 551. The second-order valence-electron chi connectivity index (χ2n) is 4.31. The van der Waals surface area contributed by atoms with Crippen LogP contribution in [0.3, 0.4) is 0 Å². The van der Waals surface area contributed by atoms with Crippen LogP contribution in [0.1, 0.15) is 30.2 Å². The SMILES string of the molecule is Nc1c2c(nc3ccccc13)CCC[C@H]2O. The second-order valence-corrected chi connectivity index (χ2v) is 4.31. The molecule has 1 atom stereocenters. The molecule has 1 aliphatic carbocycles. The van der Waals surface area contributed by atoms with Crippen molar-refractivity contribution in [1.29, 1.82) is 0 Å². The van der Waals surface area contributed by atoms with Crippen molar-refractivity contribution in [3.8, 4) is 0 Å². The summed E-state index contributed by atoms with van der Waals surface area (Å²) >= 11 is 0. The first-order chi connectivity index (χ1) is 7.77. The summed E-state index contributed by atoms with van der Waals surface area (Å²) in [4.78, 5) is 4.59. The van der Waals surface area contributed by atoms with E-state index in [1.165, 1.54) is 0 Å². The number of hydrogen-bond acceptors (Lipinski definition) is 3. The quantitative estimate of drug-likeness (QED) is 0.706. The van der Waals surface area contributed by atoms with Crippen LogP contribution in [0.5, 0.6) is 0 Å². The molecule has 2 aromatic rings. The van der Waals surface area contributed by atoms with E-state index in [4.69, 9.17) is 5.73 Å². The number of anilines is 1. The second kappa shape index (κ2) is 3.46. The molecular weight excluding hydrogens is 200 g/mol. The predicted octanol–water partition coefficient (Wildman–Crippen LogP) is 2.19. The number of pyridine rings is 1. The summed E-state index contributed by atoms with van der Waals surface area (Å²) in [6.07, 6.45) is 2.25. The van der Waals surface area contributed by atoms with Crippen LogP contribution in [-0.2, 0) is 6.42 Å². The number of nitrogens with zero attached hydrogens (tertiary/aromatic N) is 1. The minimum Gasteiger partial charge on any atom is -0.398 e. The van der Waals surface area contributed by atoms with Crippen LogP contribution in [0.4, 0.5) is 5.69 Å². The van der Waals surface area contributed by atoms with Gasteiger partial charge in [-0.2, -0.15) is 0 Å². The highest BCUT2D eigenvalue weighted by atomic mass is 16.3. The molecule has 3 N–H and O–H groups in total.